The van der Waals surface area contributed by atoms with Crippen LogP contribution in [0.15, 0.2) is 58.5 Å². The Morgan fingerprint density at radius 3 is 2.65 bits per heavy atom. The standard InChI is InChI=1S/C24H23FN4O4S/c1-14-11-18-21(27-14)23(31)29(17-9-7-16(25)8-10-17)24(28-18)34-13-20(30)26-12-15-5-4-6-19(32-2)22(15)33-3/h4-11,27H,12-13H2,1-3H3,(H,26,30). The molecular weight excluding hydrogens is 459 g/mol. The summed E-state index contributed by atoms with van der Waals surface area (Å²) in [4.78, 5) is 33.4. The van der Waals surface area contributed by atoms with Crippen LogP contribution in [0.2, 0.25) is 0 Å². The van der Waals surface area contributed by atoms with Crippen molar-refractivity contribution in [3.8, 4) is 17.2 Å². The maximum absolute atomic E-state index is 13.5. The lowest BCUT2D eigenvalue weighted by Gasteiger charge is -2.14. The number of carbonyl (C=O) groups is 1. The second-order valence-corrected chi connectivity index (χ2v) is 8.38. The molecule has 0 spiro atoms. The van der Waals surface area contributed by atoms with E-state index in [1.165, 1.54) is 35.9 Å². The quantitative estimate of drug-likeness (QED) is 0.294. The number of aryl methyl sites for hydroxylation is 1. The van der Waals surface area contributed by atoms with Gasteiger partial charge in [-0.05, 0) is 43.3 Å². The predicted octanol–water partition coefficient (Wildman–Crippen LogP) is 3.59. The van der Waals surface area contributed by atoms with Crippen LogP contribution in [0.25, 0.3) is 16.7 Å². The van der Waals surface area contributed by atoms with Crippen LogP contribution < -0.4 is 20.3 Å². The summed E-state index contributed by atoms with van der Waals surface area (Å²) in [5.41, 5.74) is 2.54. The molecule has 0 saturated heterocycles. The van der Waals surface area contributed by atoms with Gasteiger partial charge in [-0.2, -0.15) is 0 Å². The van der Waals surface area contributed by atoms with Gasteiger partial charge < -0.3 is 19.8 Å². The van der Waals surface area contributed by atoms with Gasteiger partial charge in [0, 0.05) is 17.8 Å². The van der Waals surface area contributed by atoms with Crippen LogP contribution in [0.1, 0.15) is 11.3 Å². The predicted molar refractivity (Wildman–Crippen MR) is 129 cm³/mol. The Kier molecular flexibility index (Phi) is 6.87. The minimum atomic E-state index is -0.414. The molecule has 0 aliphatic carbocycles. The number of methoxy groups -OCH3 is 2. The number of hydrogen-bond donors (Lipinski definition) is 2. The number of fused-ring (bicyclic) bond motifs is 1. The van der Waals surface area contributed by atoms with Gasteiger partial charge in [-0.3, -0.25) is 14.2 Å². The van der Waals surface area contributed by atoms with Crippen molar-refractivity contribution in [1.82, 2.24) is 19.9 Å². The molecule has 0 aliphatic rings. The molecule has 2 aromatic carbocycles. The number of rotatable bonds is 8. The van der Waals surface area contributed by atoms with E-state index in [1.54, 1.807) is 19.2 Å². The number of hydrogen-bond acceptors (Lipinski definition) is 6. The average molecular weight is 483 g/mol. The summed E-state index contributed by atoms with van der Waals surface area (Å²) in [6, 6.07) is 12.7. The number of ether oxygens (including phenoxy) is 2. The molecule has 0 saturated carbocycles. The van der Waals surface area contributed by atoms with Gasteiger partial charge in [0.05, 0.1) is 31.2 Å². The van der Waals surface area contributed by atoms with Crippen LogP contribution in [0.3, 0.4) is 0 Å². The zero-order chi connectivity index (χ0) is 24.2. The van der Waals surface area contributed by atoms with Gasteiger partial charge in [0.2, 0.25) is 5.91 Å². The number of aromatic amines is 1. The Balaban J connectivity index is 1.56. The Bertz CT molecular complexity index is 1400. The van der Waals surface area contributed by atoms with E-state index in [-0.39, 0.29) is 23.8 Å². The van der Waals surface area contributed by atoms with Gasteiger partial charge in [-0.25, -0.2) is 9.37 Å². The molecule has 176 valence electrons. The van der Waals surface area contributed by atoms with Gasteiger partial charge >= 0.3 is 0 Å². The number of aromatic nitrogens is 3. The molecule has 0 fully saturated rings. The van der Waals surface area contributed by atoms with Crippen LogP contribution >= 0.6 is 11.8 Å². The van der Waals surface area contributed by atoms with Crippen molar-refractivity contribution in [2.45, 2.75) is 18.6 Å². The highest BCUT2D eigenvalue weighted by Crippen LogP contribution is 2.30. The van der Waals surface area contributed by atoms with Crippen LogP contribution in [0.4, 0.5) is 4.39 Å². The number of H-pyrrole nitrogens is 1. The first-order valence-corrected chi connectivity index (χ1v) is 11.4. The lowest BCUT2D eigenvalue weighted by molar-refractivity contribution is -0.118. The minimum Gasteiger partial charge on any atom is -0.493 e. The zero-order valence-corrected chi connectivity index (χ0v) is 19.7. The lowest BCUT2D eigenvalue weighted by Crippen LogP contribution is -2.26. The van der Waals surface area contributed by atoms with Crippen LogP contribution in [0, 0.1) is 12.7 Å². The molecular formula is C24H23FN4O4S. The van der Waals surface area contributed by atoms with Crippen LogP contribution in [-0.4, -0.2) is 40.4 Å². The largest absolute Gasteiger partial charge is 0.493 e. The number of halogens is 1. The minimum absolute atomic E-state index is 0.0226. The molecule has 0 radical (unpaired) electrons. The number of thioether (sulfide) groups is 1. The number of para-hydroxylation sites is 1. The molecule has 2 N–H and O–H groups in total. The van der Waals surface area contributed by atoms with E-state index in [4.69, 9.17) is 9.47 Å². The second kappa shape index (κ2) is 10.0. The Morgan fingerprint density at radius 1 is 1.18 bits per heavy atom. The van der Waals surface area contributed by atoms with Crippen molar-refractivity contribution >= 4 is 28.7 Å². The highest BCUT2D eigenvalue weighted by molar-refractivity contribution is 7.99. The summed E-state index contributed by atoms with van der Waals surface area (Å²) in [6.45, 7) is 2.07. The molecule has 0 unspecified atom stereocenters. The van der Waals surface area contributed by atoms with Crippen molar-refractivity contribution in [2.75, 3.05) is 20.0 Å². The fourth-order valence-electron chi connectivity index (χ4n) is 3.56. The monoisotopic (exact) mass is 482 g/mol. The first-order valence-electron chi connectivity index (χ1n) is 10.4. The maximum atomic E-state index is 13.5. The van der Waals surface area contributed by atoms with Crippen molar-refractivity contribution in [3.05, 3.63) is 76.0 Å². The molecule has 4 rings (SSSR count). The second-order valence-electron chi connectivity index (χ2n) is 7.44. The third kappa shape index (κ3) is 4.76. The highest BCUT2D eigenvalue weighted by atomic mass is 32.2. The van der Waals surface area contributed by atoms with Crippen LogP contribution in [0.5, 0.6) is 11.5 Å². The SMILES string of the molecule is COc1cccc(CNC(=O)CSc2nc3cc(C)[nH]c3c(=O)n2-c2ccc(F)cc2)c1OC. The van der Waals surface area contributed by atoms with Crippen molar-refractivity contribution < 1.29 is 18.7 Å². The summed E-state index contributed by atoms with van der Waals surface area (Å²) in [6.07, 6.45) is 0. The number of nitrogens with one attached hydrogen (secondary N) is 2. The maximum Gasteiger partial charge on any atom is 0.283 e. The number of benzene rings is 2. The highest BCUT2D eigenvalue weighted by Gasteiger charge is 2.17. The van der Waals surface area contributed by atoms with Crippen molar-refractivity contribution in [3.63, 3.8) is 0 Å². The molecule has 34 heavy (non-hydrogen) atoms. The van der Waals surface area contributed by atoms with Gasteiger partial charge in [-0.15, -0.1) is 0 Å². The van der Waals surface area contributed by atoms with Gasteiger partial charge in [-0.1, -0.05) is 23.9 Å². The first kappa shape index (κ1) is 23.4. The third-order valence-electron chi connectivity index (χ3n) is 5.13. The molecule has 0 atom stereocenters. The van der Waals surface area contributed by atoms with Gasteiger partial charge in [0.1, 0.15) is 11.3 Å². The fourth-order valence-corrected chi connectivity index (χ4v) is 4.40. The molecule has 2 heterocycles. The fraction of sp³-hybridized carbons (Fsp3) is 0.208. The van der Waals surface area contributed by atoms with Crippen molar-refractivity contribution in [1.29, 1.82) is 0 Å². The zero-order valence-electron chi connectivity index (χ0n) is 18.8. The number of amides is 1. The van der Waals surface area contributed by atoms with Crippen LogP contribution in [-0.2, 0) is 11.3 Å². The Morgan fingerprint density at radius 2 is 1.94 bits per heavy atom. The molecule has 0 aliphatic heterocycles. The van der Waals surface area contributed by atoms with E-state index in [9.17, 15) is 14.0 Å². The summed E-state index contributed by atoms with van der Waals surface area (Å²) >= 11 is 1.12. The molecule has 4 aromatic rings. The normalized spacial score (nSPS) is 10.9. The summed E-state index contributed by atoms with van der Waals surface area (Å²) in [7, 11) is 3.09. The first-order chi connectivity index (χ1) is 16.4. The van der Waals surface area contributed by atoms with Crippen molar-refractivity contribution in [2.24, 2.45) is 0 Å². The molecule has 1 amide bonds. The molecule has 8 nitrogen and oxygen atoms in total. The topological polar surface area (TPSA) is 98.2 Å². The van der Waals surface area contributed by atoms with E-state index >= 15 is 0 Å². The molecule has 10 heteroatoms. The lowest BCUT2D eigenvalue weighted by atomic mass is 10.2. The number of nitrogens with zero attached hydrogens (tertiary/aromatic N) is 2. The Labute approximate surface area is 199 Å². The molecule has 2 aromatic heterocycles. The van der Waals surface area contributed by atoms with E-state index in [0.717, 1.165) is 23.0 Å². The smallest absolute Gasteiger partial charge is 0.283 e. The van der Waals surface area contributed by atoms with E-state index in [1.807, 2.05) is 19.1 Å². The summed E-state index contributed by atoms with van der Waals surface area (Å²) in [5.74, 6) is 0.488. The van der Waals surface area contributed by atoms with Gasteiger partial charge in [0.25, 0.3) is 5.56 Å². The summed E-state index contributed by atoms with van der Waals surface area (Å²) < 4.78 is 25.5. The van der Waals surface area contributed by atoms with E-state index in [0.29, 0.717) is 33.4 Å². The van der Waals surface area contributed by atoms with E-state index in [2.05, 4.69) is 15.3 Å². The number of carbonyl (C=O) groups excluding carboxylic acids is 1. The Hall–Kier alpha value is -3.79. The average Bonchev–Trinajstić information content (AvgIpc) is 3.22. The van der Waals surface area contributed by atoms with E-state index < -0.39 is 5.82 Å². The van der Waals surface area contributed by atoms with Gasteiger partial charge in [0.15, 0.2) is 16.7 Å². The molecule has 0 bridgehead atoms. The third-order valence-corrected chi connectivity index (χ3v) is 6.07. The summed E-state index contributed by atoms with van der Waals surface area (Å²) in [5, 5.41) is 3.18.